The van der Waals surface area contributed by atoms with Gasteiger partial charge in [0.15, 0.2) is 29.4 Å². The van der Waals surface area contributed by atoms with Gasteiger partial charge in [0.05, 0.1) is 12.2 Å². The van der Waals surface area contributed by atoms with E-state index in [9.17, 15) is 19.5 Å². The lowest BCUT2D eigenvalue weighted by Crippen LogP contribution is -2.70. The molecule has 2 N–H and O–H groups in total. The molecule has 0 bridgehead atoms. The van der Waals surface area contributed by atoms with E-state index >= 15 is 4.39 Å². The highest BCUT2D eigenvalue weighted by Crippen LogP contribution is 2.72. The van der Waals surface area contributed by atoms with E-state index in [4.69, 9.17) is 18.9 Å². The third-order valence-corrected chi connectivity index (χ3v) is 12.6. The number of piperidine rings is 1. The summed E-state index contributed by atoms with van der Waals surface area (Å²) in [6.45, 7) is 8.52. The van der Waals surface area contributed by atoms with Crippen molar-refractivity contribution in [2.45, 2.75) is 114 Å². The van der Waals surface area contributed by atoms with Gasteiger partial charge in [-0.3, -0.25) is 9.59 Å². The van der Waals surface area contributed by atoms with Crippen LogP contribution in [-0.2, 0) is 28.5 Å². The smallest absolute Gasteiger partial charge is 0.431 e. The molecule has 8 atom stereocenters. The fourth-order valence-corrected chi connectivity index (χ4v) is 10.6. The lowest BCUT2D eigenvalue weighted by Gasteiger charge is -2.62. The van der Waals surface area contributed by atoms with E-state index in [0.717, 1.165) is 38.8 Å². The second-order valence-corrected chi connectivity index (χ2v) is 15.2. The molecule has 2 aliphatic heterocycles. The summed E-state index contributed by atoms with van der Waals surface area (Å²) in [7, 11) is 0. The maximum Gasteiger partial charge on any atom is 0.508 e. The van der Waals surface area contributed by atoms with Gasteiger partial charge in [0.25, 0.3) is 0 Å². The number of fused-ring (bicyclic) bond motifs is 7. The zero-order chi connectivity index (χ0) is 30.6. The SMILES string of the molecule is CC1(C)O[C@@H]2C[C@H]3[C@@H]4CCC5=CC(=O)C=C[C@]5(C)[C@@]4(F)[C@@H](O)C[C@]3(C)[C@]2(C(=O)COC(=O)OC2CC3(CCNCC3)C2)O1. The van der Waals surface area contributed by atoms with Crippen molar-refractivity contribution in [3.05, 3.63) is 23.8 Å². The van der Waals surface area contributed by atoms with E-state index in [1.54, 1.807) is 26.8 Å². The predicted octanol–water partition coefficient (Wildman–Crippen LogP) is 4.11. The van der Waals surface area contributed by atoms with Crippen LogP contribution < -0.4 is 5.32 Å². The highest BCUT2D eigenvalue weighted by atomic mass is 19.1. The van der Waals surface area contributed by atoms with Gasteiger partial charge < -0.3 is 29.4 Å². The van der Waals surface area contributed by atoms with Crippen LogP contribution in [0.5, 0.6) is 0 Å². The van der Waals surface area contributed by atoms with Gasteiger partial charge in [-0.2, -0.15) is 0 Å². The summed E-state index contributed by atoms with van der Waals surface area (Å²) in [5.74, 6) is -2.68. The molecular weight excluding hydrogens is 557 g/mol. The molecule has 2 saturated heterocycles. The molecule has 0 aromatic rings. The Balaban J connectivity index is 1.12. The Morgan fingerprint density at radius 1 is 1.12 bits per heavy atom. The number of carbonyl (C=O) groups is 3. The minimum absolute atomic E-state index is 0.0412. The van der Waals surface area contributed by atoms with Crippen molar-refractivity contribution in [3.63, 3.8) is 0 Å². The zero-order valence-electron chi connectivity index (χ0n) is 25.6. The van der Waals surface area contributed by atoms with E-state index in [-0.39, 0.29) is 29.6 Å². The van der Waals surface area contributed by atoms with E-state index in [0.29, 0.717) is 24.8 Å². The maximum absolute atomic E-state index is 17.6. The van der Waals surface area contributed by atoms with Gasteiger partial charge in [-0.1, -0.05) is 18.6 Å². The number of ether oxygens (including phenoxy) is 4. The zero-order valence-corrected chi connectivity index (χ0v) is 25.6. The normalized spacial score (nSPS) is 45.7. The fraction of sp³-hybridized carbons (Fsp3) is 0.788. The number of carbonyl (C=O) groups excluding carboxylic acids is 3. The standard InChI is InChI=1S/C33H44FNO8/c1-28(2)42-26-14-23-22-6-5-19-13-20(36)7-8-29(19,3)32(22,34)24(37)17-30(23,4)33(26,43-28)25(38)18-40-27(39)41-21-15-31(16-21)9-11-35-12-10-31/h7-8,13,21-24,26,35,37H,5-6,9-12,14-18H2,1-4H3/t22-,23-,24-,26+,29-,30-,32-,33+/m0/s1. The van der Waals surface area contributed by atoms with Gasteiger partial charge in [-0.15, -0.1) is 0 Å². The number of aliphatic hydroxyl groups excluding tert-OH is 1. The molecule has 236 valence electrons. The first-order valence-corrected chi connectivity index (χ1v) is 15.9. The van der Waals surface area contributed by atoms with Gasteiger partial charge in [0, 0.05) is 16.7 Å². The van der Waals surface area contributed by atoms with Crippen LogP contribution >= 0.6 is 0 Å². The number of Topliss-reactive ketones (excluding diaryl/α,β-unsaturated/α-hetero) is 1. The van der Waals surface area contributed by atoms with Crippen molar-refractivity contribution >= 4 is 17.7 Å². The van der Waals surface area contributed by atoms with E-state index in [2.05, 4.69) is 5.32 Å². The molecule has 2 heterocycles. The molecular formula is C33H44FNO8. The molecule has 0 amide bonds. The highest BCUT2D eigenvalue weighted by molar-refractivity contribution is 6.01. The third-order valence-electron chi connectivity index (χ3n) is 12.6. The minimum atomic E-state index is -2.04. The first kappa shape index (κ1) is 29.6. The summed E-state index contributed by atoms with van der Waals surface area (Å²) in [4.78, 5) is 39.0. The lowest BCUT2D eigenvalue weighted by atomic mass is 9.44. The topological polar surface area (TPSA) is 120 Å². The number of ketones is 2. The van der Waals surface area contributed by atoms with Gasteiger partial charge >= 0.3 is 6.16 Å². The number of allylic oxidation sites excluding steroid dienone is 4. The Morgan fingerprint density at radius 2 is 1.84 bits per heavy atom. The second-order valence-electron chi connectivity index (χ2n) is 15.2. The van der Waals surface area contributed by atoms with Crippen molar-refractivity contribution in [2.75, 3.05) is 19.7 Å². The molecule has 9 nitrogen and oxygen atoms in total. The summed E-state index contributed by atoms with van der Waals surface area (Å²) in [5.41, 5.74) is -4.77. The monoisotopic (exact) mass is 601 g/mol. The van der Waals surface area contributed by atoms with Crippen LogP contribution in [0.25, 0.3) is 0 Å². The number of hydrogen-bond acceptors (Lipinski definition) is 9. The number of rotatable bonds is 4. The average molecular weight is 602 g/mol. The van der Waals surface area contributed by atoms with E-state index in [1.165, 1.54) is 12.2 Å². The molecule has 43 heavy (non-hydrogen) atoms. The number of alkyl halides is 1. The molecule has 1 spiro atoms. The van der Waals surface area contributed by atoms with Gasteiger partial charge in [-0.05, 0) is 109 Å². The highest BCUT2D eigenvalue weighted by Gasteiger charge is 2.80. The average Bonchev–Trinajstić information content (AvgIpc) is 3.34. The van der Waals surface area contributed by atoms with Crippen LogP contribution in [0, 0.1) is 28.1 Å². The van der Waals surface area contributed by atoms with Crippen molar-refractivity contribution in [1.29, 1.82) is 0 Å². The summed E-state index contributed by atoms with van der Waals surface area (Å²) >= 11 is 0. The van der Waals surface area contributed by atoms with Crippen molar-refractivity contribution in [3.8, 4) is 0 Å². The Bertz CT molecular complexity index is 1300. The summed E-state index contributed by atoms with van der Waals surface area (Å²) in [6, 6.07) is 0. The minimum Gasteiger partial charge on any atom is -0.431 e. The summed E-state index contributed by atoms with van der Waals surface area (Å²) < 4.78 is 41.3. The first-order chi connectivity index (χ1) is 20.2. The molecule has 0 unspecified atom stereocenters. The molecule has 5 aliphatic carbocycles. The van der Waals surface area contributed by atoms with E-state index < -0.39 is 64.6 Å². The van der Waals surface area contributed by atoms with Crippen LogP contribution in [0.1, 0.15) is 79.1 Å². The van der Waals surface area contributed by atoms with Gasteiger partial charge in [-0.25, -0.2) is 9.18 Å². The summed E-state index contributed by atoms with van der Waals surface area (Å²) in [6.07, 6.45) is 6.32. The molecule has 0 aromatic carbocycles. The van der Waals surface area contributed by atoms with E-state index in [1.807, 2.05) is 6.92 Å². The van der Waals surface area contributed by atoms with Crippen LogP contribution in [0.4, 0.5) is 9.18 Å². The van der Waals surface area contributed by atoms with Crippen molar-refractivity contribution in [2.24, 2.45) is 28.1 Å². The molecule has 4 saturated carbocycles. The Hall–Kier alpha value is -2.14. The molecule has 0 aromatic heterocycles. The quantitative estimate of drug-likeness (QED) is 0.459. The van der Waals surface area contributed by atoms with Gasteiger partial charge in [0.2, 0.25) is 5.78 Å². The van der Waals surface area contributed by atoms with Crippen molar-refractivity contribution < 1.29 is 42.8 Å². The van der Waals surface area contributed by atoms with Crippen LogP contribution in [0.3, 0.4) is 0 Å². The fourth-order valence-electron chi connectivity index (χ4n) is 10.6. The molecule has 6 fully saturated rings. The summed E-state index contributed by atoms with van der Waals surface area (Å²) in [5, 5.41) is 15.1. The molecule has 7 aliphatic rings. The molecule has 0 radical (unpaired) electrons. The van der Waals surface area contributed by atoms with Crippen LogP contribution in [0.2, 0.25) is 0 Å². The van der Waals surface area contributed by atoms with Crippen LogP contribution in [0.15, 0.2) is 23.8 Å². The number of halogens is 1. The number of hydrogen-bond donors (Lipinski definition) is 2. The second kappa shape index (κ2) is 9.44. The molecule has 7 rings (SSSR count). The first-order valence-electron chi connectivity index (χ1n) is 15.9. The largest absolute Gasteiger partial charge is 0.508 e. The van der Waals surface area contributed by atoms with Crippen LogP contribution in [-0.4, -0.2) is 77.9 Å². The number of nitrogens with one attached hydrogen (secondary N) is 1. The maximum atomic E-state index is 17.6. The van der Waals surface area contributed by atoms with Crippen molar-refractivity contribution in [1.82, 2.24) is 5.32 Å². The van der Waals surface area contributed by atoms with Gasteiger partial charge in [0.1, 0.15) is 6.10 Å². The number of aliphatic hydroxyl groups is 1. The predicted molar refractivity (Wildman–Crippen MR) is 152 cm³/mol. The Kier molecular flexibility index (Phi) is 6.49. The third kappa shape index (κ3) is 3.98. The Morgan fingerprint density at radius 3 is 2.56 bits per heavy atom. The molecule has 10 heteroatoms. The Labute approximate surface area is 251 Å². The lowest BCUT2D eigenvalue weighted by molar-refractivity contribution is -0.246.